The molecular formula is C13H10BrClFNO. The average Bonchev–Trinajstić information content (AvgIpc) is 2.29. The Kier molecular flexibility index (Phi) is 3.78. The summed E-state index contributed by atoms with van der Waals surface area (Å²) < 4.78 is 19.3. The van der Waals surface area contributed by atoms with Crippen molar-refractivity contribution >= 4 is 33.2 Å². The minimum Gasteiger partial charge on any atom is -0.455 e. The minimum absolute atomic E-state index is 0.279. The topological polar surface area (TPSA) is 35.2 Å². The van der Waals surface area contributed by atoms with E-state index in [-0.39, 0.29) is 5.75 Å². The molecule has 2 rings (SSSR count). The lowest BCUT2D eigenvalue weighted by atomic mass is 10.2. The highest BCUT2D eigenvalue weighted by molar-refractivity contribution is 9.10. The Balaban J connectivity index is 2.37. The van der Waals surface area contributed by atoms with Crippen LogP contribution in [0.1, 0.15) is 5.56 Å². The van der Waals surface area contributed by atoms with Gasteiger partial charge in [0.25, 0.3) is 0 Å². The van der Waals surface area contributed by atoms with Crippen molar-refractivity contribution in [1.29, 1.82) is 0 Å². The molecule has 0 unspecified atom stereocenters. The molecule has 0 aliphatic rings. The number of benzene rings is 2. The normalized spacial score (nSPS) is 10.4. The van der Waals surface area contributed by atoms with Crippen molar-refractivity contribution in [3.05, 3.63) is 51.2 Å². The molecular weight excluding hydrogens is 321 g/mol. The first kappa shape index (κ1) is 13.2. The summed E-state index contributed by atoms with van der Waals surface area (Å²) in [4.78, 5) is 0. The summed E-state index contributed by atoms with van der Waals surface area (Å²) in [6.45, 7) is 1.85. The van der Waals surface area contributed by atoms with Crippen LogP contribution in [0, 0.1) is 12.7 Å². The van der Waals surface area contributed by atoms with Gasteiger partial charge in [-0.2, -0.15) is 0 Å². The quantitative estimate of drug-likeness (QED) is 0.793. The van der Waals surface area contributed by atoms with Gasteiger partial charge < -0.3 is 10.5 Å². The summed E-state index contributed by atoms with van der Waals surface area (Å²) in [7, 11) is 0. The first-order chi connectivity index (χ1) is 8.47. The van der Waals surface area contributed by atoms with Gasteiger partial charge in [-0.15, -0.1) is 0 Å². The Morgan fingerprint density at radius 3 is 2.61 bits per heavy atom. The van der Waals surface area contributed by atoms with E-state index in [4.69, 9.17) is 22.1 Å². The SMILES string of the molecule is Cc1cc(Cl)ccc1Oc1cc(F)c(Br)cc1N. The van der Waals surface area contributed by atoms with Crippen LogP contribution in [-0.4, -0.2) is 0 Å². The highest BCUT2D eigenvalue weighted by Crippen LogP contribution is 2.33. The second kappa shape index (κ2) is 5.16. The molecule has 0 saturated carbocycles. The van der Waals surface area contributed by atoms with Gasteiger partial charge in [0.2, 0.25) is 0 Å². The first-order valence-corrected chi connectivity index (χ1v) is 6.33. The fourth-order valence-electron chi connectivity index (χ4n) is 1.48. The predicted octanol–water partition coefficient (Wildman–Crippen LogP) is 4.92. The lowest BCUT2D eigenvalue weighted by Crippen LogP contribution is -1.95. The van der Waals surface area contributed by atoms with Gasteiger partial charge in [0, 0.05) is 11.1 Å². The van der Waals surface area contributed by atoms with E-state index in [1.54, 1.807) is 18.2 Å². The number of anilines is 1. The molecule has 2 nitrogen and oxygen atoms in total. The van der Waals surface area contributed by atoms with Crippen LogP contribution >= 0.6 is 27.5 Å². The summed E-state index contributed by atoms with van der Waals surface area (Å²) in [5.74, 6) is 0.444. The summed E-state index contributed by atoms with van der Waals surface area (Å²) in [6, 6.07) is 7.90. The molecule has 0 radical (unpaired) electrons. The first-order valence-electron chi connectivity index (χ1n) is 5.16. The van der Waals surface area contributed by atoms with Crippen LogP contribution in [0.4, 0.5) is 10.1 Å². The van der Waals surface area contributed by atoms with Crippen LogP contribution < -0.4 is 10.5 Å². The molecule has 18 heavy (non-hydrogen) atoms. The van der Waals surface area contributed by atoms with Crippen molar-refractivity contribution < 1.29 is 9.13 Å². The zero-order valence-corrected chi connectivity index (χ0v) is 11.8. The van der Waals surface area contributed by atoms with Gasteiger partial charge in [0.15, 0.2) is 5.75 Å². The largest absolute Gasteiger partial charge is 0.455 e. The second-order valence-corrected chi connectivity index (χ2v) is 5.11. The average molecular weight is 331 g/mol. The van der Waals surface area contributed by atoms with Crippen molar-refractivity contribution in [2.24, 2.45) is 0 Å². The Bertz CT molecular complexity index is 604. The maximum atomic E-state index is 13.4. The molecule has 0 fully saturated rings. The lowest BCUT2D eigenvalue weighted by Gasteiger charge is -2.11. The van der Waals surface area contributed by atoms with Crippen molar-refractivity contribution in [2.75, 3.05) is 5.73 Å². The maximum Gasteiger partial charge on any atom is 0.153 e. The fourth-order valence-corrected chi connectivity index (χ4v) is 2.07. The number of halogens is 3. The number of aryl methyl sites for hydroxylation is 1. The Morgan fingerprint density at radius 1 is 1.22 bits per heavy atom. The molecule has 0 saturated heterocycles. The zero-order chi connectivity index (χ0) is 13.3. The molecule has 2 aromatic rings. The Labute approximate surface area is 118 Å². The molecule has 0 bridgehead atoms. The van der Waals surface area contributed by atoms with E-state index in [0.29, 0.717) is 20.9 Å². The molecule has 0 heterocycles. The second-order valence-electron chi connectivity index (χ2n) is 3.82. The van der Waals surface area contributed by atoms with E-state index in [9.17, 15) is 4.39 Å². The van der Waals surface area contributed by atoms with Gasteiger partial charge in [0.05, 0.1) is 10.2 Å². The molecule has 5 heteroatoms. The van der Waals surface area contributed by atoms with E-state index >= 15 is 0 Å². The van der Waals surface area contributed by atoms with E-state index < -0.39 is 5.82 Å². The van der Waals surface area contributed by atoms with E-state index in [2.05, 4.69) is 15.9 Å². The predicted molar refractivity (Wildman–Crippen MR) is 74.8 cm³/mol. The minimum atomic E-state index is -0.425. The third-order valence-electron chi connectivity index (χ3n) is 2.41. The van der Waals surface area contributed by atoms with E-state index in [1.165, 1.54) is 12.1 Å². The zero-order valence-electron chi connectivity index (χ0n) is 9.51. The molecule has 94 valence electrons. The molecule has 2 N–H and O–H groups in total. The number of hydrogen-bond acceptors (Lipinski definition) is 2. The Morgan fingerprint density at radius 2 is 1.94 bits per heavy atom. The lowest BCUT2D eigenvalue weighted by molar-refractivity contribution is 0.475. The van der Waals surface area contributed by atoms with Crippen molar-refractivity contribution in [3.8, 4) is 11.5 Å². The highest BCUT2D eigenvalue weighted by atomic mass is 79.9. The Hall–Kier alpha value is -1.26. The van der Waals surface area contributed by atoms with Gasteiger partial charge in [-0.1, -0.05) is 11.6 Å². The van der Waals surface area contributed by atoms with Gasteiger partial charge in [0.1, 0.15) is 11.6 Å². The summed E-state index contributed by atoms with van der Waals surface area (Å²) >= 11 is 8.91. The van der Waals surface area contributed by atoms with Gasteiger partial charge in [-0.3, -0.25) is 0 Å². The van der Waals surface area contributed by atoms with Crippen LogP contribution in [0.15, 0.2) is 34.8 Å². The van der Waals surface area contributed by atoms with E-state index in [1.807, 2.05) is 6.92 Å². The molecule has 0 aliphatic heterocycles. The smallest absolute Gasteiger partial charge is 0.153 e. The fraction of sp³-hybridized carbons (Fsp3) is 0.0769. The molecule has 0 atom stereocenters. The summed E-state index contributed by atoms with van der Waals surface area (Å²) in [5.41, 5.74) is 6.98. The van der Waals surface area contributed by atoms with Crippen LogP contribution in [0.2, 0.25) is 5.02 Å². The summed E-state index contributed by atoms with van der Waals surface area (Å²) in [5, 5.41) is 0.620. The number of hydrogen-bond donors (Lipinski definition) is 1. The third-order valence-corrected chi connectivity index (χ3v) is 3.25. The highest BCUT2D eigenvalue weighted by Gasteiger charge is 2.09. The summed E-state index contributed by atoms with van der Waals surface area (Å²) in [6.07, 6.45) is 0. The number of nitrogens with two attached hydrogens (primary N) is 1. The molecule has 0 aromatic heterocycles. The van der Waals surface area contributed by atoms with Crippen molar-refractivity contribution in [1.82, 2.24) is 0 Å². The van der Waals surface area contributed by atoms with Crippen LogP contribution in [0.5, 0.6) is 11.5 Å². The molecule has 0 aliphatic carbocycles. The van der Waals surface area contributed by atoms with Crippen molar-refractivity contribution in [2.45, 2.75) is 6.92 Å². The molecule has 0 spiro atoms. The molecule has 0 amide bonds. The third kappa shape index (κ3) is 2.76. The number of nitrogen functional groups attached to an aromatic ring is 1. The van der Waals surface area contributed by atoms with Crippen LogP contribution in [-0.2, 0) is 0 Å². The maximum absolute atomic E-state index is 13.4. The number of rotatable bonds is 2. The molecule has 2 aromatic carbocycles. The van der Waals surface area contributed by atoms with Gasteiger partial charge in [-0.25, -0.2) is 4.39 Å². The van der Waals surface area contributed by atoms with E-state index in [0.717, 1.165) is 5.56 Å². The monoisotopic (exact) mass is 329 g/mol. The number of ether oxygens (including phenoxy) is 1. The standard InChI is InChI=1S/C13H10BrClFNO/c1-7-4-8(15)2-3-12(7)18-13-6-10(16)9(14)5-11(13)17/h2-6H,17H2,1H3. The van der Waals surface area contributed by atoms with Crippen LogP contribution in [0.3, 0.4) is 0 Å². The van der Waals surface area contributed by atoms with Crippen molar-refractivity contribution in [3.63, 3.8) is 0 Å². The van der Waals surface area contributed by atoms with Gasteiger partial charge in [-0.05, 0) is 52.7 Å². The van der Waals surface area contributed by atoms with Gasteiger partial charge >= 0.3 is 0 Å². The van der Waals surface area contributed by atoms with Crippen LogP contribution in [0.25, 0.3) is 0 Å².